The summed E-state index contributed by atoms with van der Waals surface area (Å²) in [5, 5.41) is 0. The van der Waals surface area contributed by atoms with E-state index in [0.717, 1.165) is 0 Å². The molecule has 0 aromatic carbocycles. The van der Waals surface area contributed by atoms with Crippen LogP contribution in [0.5, 0.6) is 0 Å². The van der Waals surface area contributed by atoms with Crippen molar-refractivity contribution in [3.05, 3.63) is 24.5 Å². The van der Waals surface area contributed by atoms with E-state index in [0.29, 0.717) is 0 Å². The number of rotatable bonds is 0. The van der Waals surface area contributed by atoms with E-state index >= 15 is 0 Å². The molecule has 4 heteroatoms. The first kappa shape index (κ1) is 7.76. The van der Waals surface area contributed by atoms with Gasteiger partial charge in [0.25, 0.3) is 0 Å². The largest absolute Gasteiger partial charge is 0.484 e. The number of nitrogens with one attached hydrogen (secondary N) is 1. The van der Waals surface area contributed by atoms with Crippen molar-refractivity contribution in [1.29, 1.82) is 0 Å². The molecule has 0 radical (unpaired) electrons. The van der Waals surface area contributed by atoms with Gasteiger partial charge in [0.05, 0.1) is 0 Å². The Morgan fingerprint density at radius 2 is 2.12 bits per heavy atom. The van der Waals surface area contributed by atoms with E-state index in [1.807, 2.05) is 18.3 Å². The summed E-state index contributed by atoms with van der Waals surface area (Å²) >= 11 is -2.29. The molecule has 1 aromatic rings. The Morgan fingerprint density at radius 1 is 1.50 bits per heavy atom. The number of aromatic nitrogens is 1. The second-order valence-electron chi connectivity index (χ2n) is 0.865. The van der Waals surface area contributed by atoms with Crippen LogP contribution in [0, 0.1) is 6.20 Å². The molecule has 0 saturated carbocycles. The zero-order chi connectivity index (χ0) is 6.24. The van der Waals surface area contributed by atoms with E-state index in [1.165, 1.54) is 0 Å². The summed E-state index contributed by atoms with van der Waals surface area (Å²) in [4.78, 5) is 2.74. The molecule has 0 aliphatic heterocycles. The van der Waals surface area contributed by atoms with Crippen molar-refractivity contribution in [2.45, 2.75) is 0 Å². The van der Waals surface area contributed by atoms with Crippen LogP contribution in [0.4, 0.5) is 6.63 Å². The molecule has 1 rings (SSSR count). The third-order valence-corrected chi connectivity index (χ3v) is 0.442. The van der Waals surface area contributed by atoms with Crippen molar-refractivity contribution in [3.8, 4) is 0 Å². The number of H-pyrrole nitrogens is 1. The van der Waals surface area contributed by atoms with Crippen molar-refractivity contribution in [2.75, 3.05) is 0 Å². The summed E-state index contributed by atoms with van der Waals surface area (Å²) in [6, 6.07) is 3.71. The number of hydrogen-bond acceptors (Lipinski definition) is 0. The molecule has 0 spiro atoms. The molecule has 0 saturated heterocycles. The number of aromatic amines is 1. The van der Waals surface area contributed by atoms with Gasteiger partial charge in [0.1, 0.15) is 0 Å². The average molecular weight is 205 g/mol. The van der Waals surface area contributed by atoms with Gasteiger partial charge in [-0.3, -0.25) is 0 Å². The Labute approximate surface area is 54.8 Å². The van der Waals surface area contributed by atoms with Crippen LogP contribution in [0.1, 0.15) is 0 Å². The van der Waals surface area contributed by atoms with Gasteiger partial charge in [-0.15, -0.1) is 6.20 Å². The molecule has 0 unspecified atom stereocenters. The maximum atomic E-state index is 9.72. The summed E-state index contributed by atoms with van der Waals surface area (Å²) in [7, 11) is 0. The predicted molar refractivity (Wildman–Crippen MR) is 21.8 cm³/mol. The molecule has 1 N–H and O–H groups in total. The van der Waals surface area contributed by atoms with E-state index in [4.69, 9.17) is 0 Å². The van der Waals surface area contributed by atoms with Crippen molar-refractivity contribution in [3.63, 3.8) is 0 Å². The van der Waals surface area contributed by atoms with Crippen molar-refractivity contribution >= 4 is 0 Å². The quantitative estimate of drug-likeness (QED) is 0.489. The molecule has 0 atom stereocenters. The molecule has 0 aliphatic rings. The summed E-state index contributed by atoms with van der Waals surface area (Å²) in [6.07, 6.45) is 4.56. The SMILES string of the molecule is [F][Ru][F].[c-]1ccc[nH]1. The van der Waals surface area contributed by atoms with E-state index in [1.54, 1.807) is 0 Å². The Hall–Kier alpha value is -0.237. The van der Waals surface area contributed by atoms with Gasteiger partial charge < -0.3 is 4.98 Å². The fourth-order valence-electron chi connectivity index (χ4n) is 0.241. The summed E-state index contributed by atoms with van der Waals surface area (Å²) in [5.41, 5.74) is 0. The van der Waals surface area contributed by atoms with Crippen LogP contribution in [-0.2, 0) is 18.1 Å². The number of hydrogen-bond donors (Lipinski definition) is 1. The van der Waals surface area contributed by atoms with Gasteiger partial charge in [0, 0.05) is 0 Å². The summed E-state index contributed by atoms with van der Waals surface area (Å²) in [5.74, 6) is 0. The van der Waals surface area contributed by atoms with Crippen LogP contribution >= 0.6 is 0 Å². The normalized spacial score (nSPS) is 7.75. The van der Waals surface area contributed by atoms with Crippen LogP contribution in [-0.4, -0.2) is 4.98 Å². The maximum Gasteiger partial charge on any atom is -0.108 e. The minimum atomic E-state index is -2.29. The first-order chi connectivity index (χ1) is 3.91. The molecule has 0 aliphatic carbocycles. The Bertz CT molecular complexity index is 80.9. The fourth-order valence-corrected chi connectivity index (χ4v) is 0.241. The van der Waals surface area contributed by atoms with Crippen molar-refractivity contribution < 1.29 is 24.8 Å². The van der Waals surface area contributed by atoms with Crippen LogP contribution in [0.25, 0.3) is 0 Å². The molecule has 0 bridgehead atoms. The second-order valence-corrected chi connectivity index (χ2v) is 1.11. The predicted octanol–water partition coefficient (Wildman–Crippen LogP) is 1.65. The van der Waals surface area contributed by atoms with Gasteiger partial charge in [-0.25, -0.2) is 0 Å². The molecule has 48 valence electrons. The van der Waals surface area contributed by atoms with E-state index < -0.39 is 18.1 Å². The topological polar surface area (TPSA) is 15.8 Å². The fraction of sp³-hybridized carbons (Fsp3) is 0. The summed E-state index contributed by atoms with van der Waals surface area (Å²) < 4.78 is 19.4. The summed E-state index contributed by atoms with van der Waals surface area (Å²) in [6.45, 7) is 0. The van der Waals surface area contributed by atoms with E-state index in [-0.39, 0.29) is 0 Å². The van der Waals surface area contributed by atoms with Crippen LogP contribution in [0.3, 0.4) is 0 Å². The van der Waals surface area contributed by atoms with E-state index in [9.17, 15) is 6.63 Å². The molecule has 1 heterocycles. The maximum absolute atomic E-state index is 9.72. The van der Waals surface area contributed by atoms with Gasteiger partial charge in [0.15, 0.2) is 0 Å². The second kappa shape index (κ2) is 6.76. The molecule has 0 fully saturated rings. The zero-order valence-electron chi connectivity index (χ0n) is 3.84. The average Bonchev–Trinajstić information content (AvgIpc) is 2.17. The minimum Gasteiger partial charge on any atom is -0.484 e. The Balaban J connectivity index is 0.000000145. The molecule has 1 aromatic heterocycles. The molecular formula is C4H4F2NRu-. The smallest absolute Gasteiger partial charge is 0.108 e. The van der Waals surface area contributed by atoms with Gasteiger partial charge in [-0.2, -0.15) is 18.3 Å². The Kier molecular flexibility index (Phi) is 6.56. The zero-order valence-corrected chi connectivity index (χ0v) is 5.58. The minimum absolute atomic E-state index is 1.82. The van der Waals surface area contributed by atoms with Crippen LogP contribution in [0.2, 0.25) is 0 Å². The van der Waals surface area contributed by atoms with Gasteiger partial charge in [-0.1, -0.05) is 0 Å². The molecule has 1 nitrogen and oxygen atoms in total. The number of halogens is 2. The third kappa shape index (κ3) is 5.76. The molecule has 0 amide bonds. The van der Waals surface area contributed by atoms with Gasteiger partial charge in [-0.05, 0) is 0 Å². The van der Waals surface area contributed by atoms with Crippen molar-refractivity contribution in [2.24, 2.45) is 0 Å². The van der Waals surface area contributed by atoms with Gasteiger partial charge in [0.2, 0.25) is 0 Å². The standard InChI is InChI=1S/C4H4N.2FH.Ru/c1-2-4-5-3-1;;;/h1-3,5H;2*1H;/q-1;;;+2/p-2. The van der Waals surface area contributed by atoms with Gasteiger partial charge >= 0.3 is 24.8 Å². The van der Waals surface area contributed by atoms with Crippen LogP contribution in [0.15, 0.2) is 18.3 Å². The van der Waals surface area contributed by atoms with E-state index in [2.05, 4.69) is 11.2 Å². The first-order valence-electron chi connectivity index (χ1n) is 1.76. The Morgan fingerprint density at radius 3 is 2.25 bits per heavy atom. The van der Waals surface area contributed by atoms with Crippen LogP contribution < -0.4 is 0 Å². The molecular weight excluding hydrogens is 201 g/mol. The molecule has 8 heavy (non-hydrogen) atoms. The van der Waals surface area contributed by atoms with Crippen molar-refractivity contribution in [1.82, 2.24) is 4.98 Å². The monoisotopic (exact) mass is 206 g/mol. The first-order valence-corrected chi connectivity index (χ1v) is 3.08. The third-order valence-electron chi connectivity index (χ3n) is 0.442.